The summed E-state index contributed by atoms with van der Waals surface area (Å²) in [7, 11) is 1.52. The van der Waals surface area contributed by atoms with Crippen molar-refractivity contribution >= 4 is 34.8 Å². The lowest BCUT2D eigenvalue weighted by molar-refractivity contribution is 0.0698. The molecule has 2 aromatic carbocycles. The standard InChI is InChI=1S/C26H18N2O6/c1-14-21(27-12-6-5-9-20(27)23(14)34-2)22(29)15-10-11-19(18(13-15)26(32)33)28-24(30)16-7-3-4-8-17(16)25(28)31/h3-13H,1-2H3,(H,32,33). The quantitative estimate of drug-likeness (QED) is 0.361. The molecule has 0 spiro atoms. The fourth-order valence-electron chi connectivity index (χ4n) is 4.43. The van der Waals surface area contributed by atoms with Crippen LogP contribution in [0.5, 0.6) is 5.75 Å². The van der Waals surface area contributed by atoms with Gasteiger partial charge in [-0.3, -0.25) is 14.4 Å². The first-order valence-electron chi connectivity index (χ1n) is 10.4. The van der Waals surface area contributed by atoms with Gasteiger partial charge < -0.3 is 14.2 Å². The Bertz CT molecular complexity index is 1510. The van der Waals surface area contributed by atoms with Crippen LogP contribution in [0.4, 0.5) is 5.69 Å². The Balaban J connectivity index is 1.63. The summed E-state index contributed by atoms with van der Waals surface area (Å²) in [5.74, 6) is -2.46. The highest BCUT2D eigenvalue weighted by molar-refractivity contribution is 6.35. The number of pyridine rings is 1. The van der Waals surface area contributed by atoms with Crippen molar-refractivity contribution in [3.63, 3.8) is 0 Å². The van der Waals surface area contributed by atoms with Gasteiger partial charge in [-0.25, -0.2) is 9.69 Å². The lowest BCUT2D eigenvalue weighted by Gasteiger charge is -2.17. The molecule has 168 valence electrons. The highest BCUT2D eigenvalue weighted by atomic mass is 16.5. The van der Waals surface area contributed by atoms with Gasteiger partial charge in [0.15, 0.2) is 0 Å². The zero-order valence-electron chi connectivity index (χ0n) is 18.2. The molecule has 2 aromatic heterocycles. The van der Waals surface area contributed by atoms with Gasteiger partial charge in [0.25, 0.3) is 11.8 Å². The first-order chi connectivity index (χ1) is 16.3. The largest absolute Gasteiger partial charge is 0.494 e. The van der Waals surface area contributed by atoms with Crippen LogP contribution in [0.15, 0.2) is 66.9 Å². The molecule has 0 radical (unpaired) electrons. The van der Waals surface area contributed by atoms with E-state index in [-0.39, 0.29) is 27.9 Å². The van der Waals surface area contributed by atoms with Crippen molar-refractivity contribution in [1.29, 1.82) is 0 Å². The third-order valence-electron chi connectivity index (χ3n) is 5.97. The minimum Gasteiger partial charge on any atom is -0.494 e. The maximum atomic E-state index is 13.5. The number of hydrogen-bond acceptors (Lipinski definition) is 5. The van der Waals surface area contributed by atoms with Crippen molar-refractivity contribution < 1.29 is 29.0 Å². The maximum Gasteiger partial charge on any atom is 0.337 e. The molecule has 0 saturated heterocycles. The molecule has 5 rings (SSSR count). The molecule has 0 saturated carbocycles. The minimum atomic E-state index is -1.37. The van der Waals surface area contributed by atoms with Crippen molar-refractivity contribution in [3.05, 3.63) is 100 Å². The summed E-state index contributed by atoms with van der Waals surface area (Å²) in [6.07, 6.45) is 1.73. The Morgan fingerprint density at radius 3 is 2.18 bits per heavy atom. The van der Waals surface area contributed by atoms with Gasteiger partial charge in [-0.2, -0.15) is 0 Å². The SMILES string of the molecule is COc1c(C)c(C(=O)c2ccc(N3C(=O)c4ccccc4C3=O)c(C(=O)O)c2)n2ccccc12. The minimum absolute atomic E-state index is 0.0930. The molecule has 8 heteroatoms. The van der Waals surface area contributed by atoms with E-state index in [0.717, 1.165) is 4.90 Å². The van der Waals surface area contributed by atoms with Gasteiger partial charge in [-0.05, 0) is 49.4 Å². The Morgan fingerprint density at radius 1 is 0.912 bits per heavy atom. The Hall–Kier alpha value is -4.72. The molecule has 3 heterocycles. The number of imide groups is 1. The van der Waals surface area contributed by atoms with Gasteiger partial charge in [0, 0.05) is 17.3 Å². The molecular formula is C26H18N2O6. The smallest absolute Gasteiger partial charge is 0.337 e. The number of amides is 2. The van der Waals surface area contributed by atoms with E-state index in [1.54, 1.807) is 35.7 Å². The Kier molecular flexibility index (Phi) is 4.79. The van der Waals surface area contributed by atoms with Gasteiger partial charge in [0.2, 0.25) is 5.78 Å². The van der Waals surface area contributed by atoms with Gasteiger partial charge in [0.1, 0.15) is 11.4 Å². The van der Waals surface area contributed by atoms with E-state index in [2.05, 4.69) is 0 Å². The summed E-state index contributed by atoms with van der Waals surface area (Å²) in [5.41, 5.74) is 1.73. The fraction of sp³-hybridized carbons (Fsp3) is 0.0769. The molecule has 8 nitrogen and oxygen atoms in total. The van der Waals surface area contributed by atoms with Gasteiger partial charge in [-0.1, -0.05) is 18.2 Å². The van der Waals surface area contributed by atoms with Crippen molar-refractivity contribution in [2.24, 2.45) is 0 Å². The second-order valence-corrected chi connectivity index (χ2v) is 7.82. The number of ether oxygens (including phenoxy) is 1. The van der Waals surface area contributed by atoms with Crippen LogP contribution in [0.2, 0.25) is 0 Å². The van der Waals surface area contributed by atoms with Gasteiger partial charge in [-0.15, -0.1) is 0 Å². The predicted octanol–water partition coefficient (Wildman–Crippen LogP) is 3.99. The molecule has 2 amide bonds. The number of carbonyl (C=O) groups excluding carboxylic acids is 3. The highest BCUT2D eigenvalue weighted by Crippen LogP contribution is 2.34. The number of ketones is 1. The van der Waals surface area contributed by atoms with E-state index in [4.69, 9.17) is 4.74 Å². The lowest BCUT2D eigenvalue weighted by atomic mass is 10.0. The predicted molar refractivity (Wildman–Crippen MR) is 123 cm³/mol. The van der Waals surface area contributed by atoms with E-state index in [1.807, 2.05) is 12.1 Å². The number of aromatic carboxylic acids is 1. The zero-order chi connectivity index (χ0) is 24.1. The molecule has 0 aliphatic carbocycles. The van der Waals surface area contributed by atoms with Gasteiger partial charge in [0.05, 0.1) is 35.0 Å². The number of rotatable bonds is 5. The molecule has 4 aromatic rings. The molecule has 1 aliphatic heterocycles. The number of fused-ring (bicyclic) bond motifs is 2. The maximum absolute atomic E-state index is 13.5. The second-order valence-electron chi connectivity index (χ2n) is 7.82. The average molecular weight is 454 g/mol. The Labute approximate surface area is 193 Å². The van der Waals surface area contributed by atoms with Crippen LogP contribution in [-0.4, -0.2) is 40.2 Å². The lowest BCUT2D eigenvalue weighted by Crippen LogP contribution is -2.31. The van der Waals surface area contributed by atoms with E-state index < -0.39 is 23.6 Å². The molecule has 0 bridgehead atoms. The Morgan fingerprint density at radius 2 is 1.56 bits per heavy atom. The third-order valence-corrected chi connectivity index (χ3v) is 5.97. The van der Waals surface area contributed by atoms with Crippen LogP contribution in [0.3, 0.4) is 0 Å². The summed E-state index contributed by atoms with van der Waals surface area (Å²) in [5, 5.41) is 9.88. The van der Waals surface area contributed by atoms with Crippen LogP contribution in [0.1, 0.15) is 52.7 Å². The fourth-order valence-corrected chi connectivity index (χ4v) is 4.43. The highest BCUT2D eigenvalue weighted by Gasteiger charge is 2.38. The molecule has 0 unspecified atom stereocenters. The van der Waals surface area contributed by atoms with Crippen molar-refractivity contribution in [2.75, 3.05) is 12.0 Å². The zero-order valence-corrected chi connectivity index (χ0v) is 18.2. The van der Waals surface area contributed by atoms with Gasteiger partial charge >= 0.3 is 5.97 Å². The number of nitrogens with zero attached hydrogens (tertiary/aromatic N) is 2. The summed E-state index contributed by atoms with van der Waals surface area (Å²) < 4.78 is 7.17. The number of hydrogen-bond donors (Lipinski definition) is 1. The summed E-state index contributed by atoms with van der Waals surface area (Å²) >= 11 is 0. The molecule has 34 heavy (non-hydrogen) atoms. The normalized spacial score (nSPS) is 12.8. The number of carboxylic acids is 1. The van der Waals surface area contributed by atoms with E-state index in [9.17, 15) is 24.3 Å². The van der Waals surface area contributed by atoms with E-state index >= 15 is 0 Å². The van der Waals surface area contributed by atoms with Crippen LogP contribution in [0, 0.1) is 6.92 Å². The number of carbonyl (C=O) groups is 4. The number of anilines is 1. The van der Waals surface area contributed by atoms with Crippen LogP contribution in [0.25, 0.3) is 5.52 Å². The van der Waals surface area contributed by atoms with Crippen molar-refractivity contribution in [3.8, 4) is 5.75 Å². The van der Waals surface area contributed by atoms with Crippen molar-refractivity contribution in [2.45, 2.75) is 6.92 Å². The van der Waals surface area contributed by atoms with Crippen LogP contribution < -0.4 is 9.64 Å². The number of benzene rings is 2. The second kappa shape index (κ2) is 7.70. The molecular weight excluding hydrogens is 436 g/mol. The van der Waals surface area contributed by atoms with Crippen LogP contribution >= 0.6 is 0 Å². The number of carboxylic acid groups (broad SMARTS) is 1. The topological polar surface area (TPSA) is 105 Å². The monoisotopic (exact) mass is 454 g/mol. The number of methoxy groups -OCH3 is 1. The molecule has 1 aliphatic rings. The molecule has 0 fully saturated rings. The van der Waals surface area contributed by atoms with E-state index in [1.165, 1.54) is 37.4 Å². The average Bonchev–Trinajstić information content (AvgIpc) is 3.27. The first kappa shape index (κ1) is 21.1. The van der Waals surface area contributed by atoms with E-state index in [0.29, 0.717) is 22.5 Å². The molecule has 0 atom stereocenters. The third kappa shape index (κ3) is 2.92. The summed E-state index contributed by atoms with van der Waals surface area (Å²) in [4.78, 5) is 52.2. The summed E-state index contributed by atoms with van der Waals surface area (Å²) in [6.45, 7) is 1.75. The molecule has 1 N–H and O–H groups in total. The number of aromatic nitrogens is 1. The van der Waals surface area contributed by atoms with Crippen molar-refractivity contribution in [1.82, 2.24) is 4.40 Å². The van der Waals surface area contributed by atoms with Crippen LogP contribution in [-0.2, 0) is 0 Å². The first-order valence-corrected chi connectivity index (χ1v) is 10.4. The summed E-state index contributed by atoms with van der Waals surface area (Å²) in [6, 6.07) is 15.6.